The van der Waals surface area contributed by atoms with Crippen molar-refractivity contribution in [3.05, 3.63) is 29.7 Å². The molecule has 0 atom stereocenters. The molecule has 0 bridgehead atoms. The Hall–Kier alpha value is -1.64. The first-order valence-electron chi connectivity index (χ1n) is 4.09. The SMILES string of the molecule is Cc1cc2c(C)ncnc2cc1O. The van der Waals surface area contributed by atoms with Gasteiger partial charge in [0.15, 0.2) is 0 Å². The van der Waals surface area contributed by atoms with Crippen molar-refractivity contribution in [1.29, 1.82) is 0 Å². The Bertz CT molecular complexity index is 466. The standard InChI is InChI=1S/C10H10N2O/c1-6-3-8-7(2)11-5-12-9(8)4-10(6)13/h3-5,13H,1-2H3. The third-order valence-electron chi connectivity index (χ3n) is 2.15. The molecular weight excluding hydrogens is 164 g/mol. The fraction of sp³-hybridized carbons (Fsp3) is 0.200. The van der Waals surface area contributed by atoms with Crippen molar-refractivity contribution < 1.29 is 5.11 Å². The van der Waals surface area contributed by atoms with Crippen LogP contribution in [0.2, 0.25) is 0 Å². The number of hydrogen-bond acceptors (Lipinski definition) is 3. The van der Waals surface area contributed by atoms with Crippen LogP contribution in [-0.4, -0.2) is 15.1 Å². The highest BCUT2D eigenvalue weighted by molar-refractivity contribution is 5.82. The molecule has 1 aromatic heterocycles. The molecule has 2 rings (SSSR count). The third-order valence-corrected chi connectivity index (χ3v) is 2.15. The van der Waals surface area contributed by atoms with Crippen LogP contribution in [0.3, 0.4) is 0 Å². The number of nitrogens with zero attached hydrogens (tertiary/aromatic N) is 2. The molecular formula is C10H10N2O. The Morgan fingerprint density at radius 1 is 1.15 bits per heavy atom. The molecule has 13 heavy (non-hydrogen) atoms. The second-order valence-corrected chi connectivity index (χ2v) is 3.11. The van der Waals surface area contributed by atoms with E-state index in [1.165, 1.54) is 6.33 Å². The van der Waals surface area contributed by atoms with E-state index in [4.69, 9.17) is 0 Å². The fourth-order valence-electron chi connectivity index (χ4n) is 1.33. The quantitative estimate of drug-likeness (QED) is 0.664. The van der Waals surface area contributed by atoms with Gasteiger partial charge in [-0.15, -0.1) is 0 Å². The van der Waals surface area contributed by atoms with Crippen LogP contribution >= 0.6 is 0 Å². The van der Waals surface area contributed by atoms with E-state index >= 15 is 0 Å². The molecule has 66 valence electrons. The minimum atomic E-state index is 0.283. The fourth-order valence-corrected chi connectivity index (χ4v) is 1.33. The second kappa shape index (κ2) is 2.69. The number of hydrogen-bond donors (Lipinski definition) is 1. The van der Waals surface area contributed by atoms with Crippen molar-refractivity contribution in [1.82, 2.24) is 9.97 Å². The van der Waals surface area contributed by atoms with Gasteiger partial charge in [0.25, 0.3) is 0 Å². The molecule has 3 heteroatoms. The Morgan fingerprint density at radius 3 is 2.69 bits per heavy atom. The molecule has 0 radical (unpaired) electrons. The lowest BCUT2D eigenvalue weighted by atomic mass is 10.1. The molecule has 0 saturated heterocycles. The molecule has 1 aromatic carbocycles. The molecule has 0 unspecified atom stereocenters. The van der Waals surface area contributed by atoms with Crippen LogP contribution < -0.4 is 0 Å². The van der Waals surface area contributed by atoms with E-state index in [1.54, 1.807) is 6.07 Å². The summed E-state index contributed by atoms with van der Waals surface area (Å²) >= 11 is 0. The van der Waals surface area contributed by atoms with Crippen LogP contribution in [0, 0.1) is 13.8 Å². The van der Waals surface area contributed by atoms with Crippen LogP contribution in [0.1, 0.15) is 11.3 Å². The minimum absolute atomic E-state index is 0.283. The van der Waals surface area contributed by atoms with Crippen LogP contribution in [0.15, 0.2) is 18.5 Å². The number of fused-ring (bicyclic) bond motifs is 1. The van der Waals surface area contributed by atoms with Gasteiger partial charge >= 0.3 is 0 Å². The Morgan fingerprint density at radius 2 is 1.92 bits per heavy atom. The summed E-state index contributed by atoms with van der Waals surface area (Å²) < 4.78 is 0. The second-order valence-electron chi connectivity index (χ2n) is 3.11. The average molecular weight is 174 g/mol. The minimum Gasteiger partial charge on any atom is -0.508 e. The Balaban J connectivity index is 2.89. The summed E-state index contributed by atoms with van der Waals surface area (Å²) in [5, 5.41) is 10.4. The molecule has 0 spiro atoms. The molecule has 0 aliphatic carbocycles. The summed E-state index contributed by atoms with van der Waals surface area (Å²) in [5.74, 6) is 0.283. The third kappa shape index (κ3) is 1.22. The van der Waals surface area contributed by atoms with Crippen LogP contribution in [-0.2, 0) is 0 Å². The molecule has 0 saturated carbocycles. The summed E-state index contributed by atoms with van der Waals surface area (Å²) in [5.41, 5.74) is 2.58. The molecule has 0 amide bonds. The first-order valence-corrected chi connectivity index (χ1v) is 4.09. The number of aromatic nitrogens is 2. The average Bonchev–Trinajstić information content (AvgIpc) is 2.09. The maximum absolute atomic E-state index is 9.45. The van der Waals surface area contributed by atoms with E-state index in [2.05, 4.69) is 9.97 Å². The van der Waals surface area contributed by atoms with E-state index < -0.39 is 0 Å². The van der Waals surface area contributed by atoms with Gasteiger partial charge in [-0.25, -0.2) is 9.97 Å². The van der Waals surface area contributed by atoms with E-state index in [0.29, 0.717) is 0 Å². The van der Waals surface area contributed by atoms with Crippen molar-refractivity contribution >= 4 is 10.9 Å². The summed E-state index contributed by atoms with van der Waals surface area (Å²) in [4.78, 5) is 8.16. The van der Waals surface area contributed by atoms with E-state index in [-0.39, 0.29) is 5.75 Å². The van der Waals surface area contributed by atoms with Crippen LogP contribution in [0.4, 0.5) is 0 Å². The molecule has 1 heterocycles. The van der Waals surface area contributed by atoms with Gasteiger partial charge < -0.3 is 5.11 Å². The largest absolute Gasteiger partial charge is 0.508 e. The number of phenols is 1. The zero-order chi connectivity index (χ0) is 9.42. The van der Waals surface area contributed by atoms with Gasteiger partial charge in [0, 0.05) is 17.1 Å². The highest BCUT2D eigenvalue weighted by atomic mass is 16.3. The summed E-state index contributed by atoms with van der Waals surface area (Å²) in [6.07, 6.45) is 1.51. The van der Waals surface area contributed by atoms with Gasteiger partial charge in [-0.2, -0.15) is 0 Å². The molecule has 2 aromatic rings. The lowest BCUT2D eigenvalue weighted by Gasteiger charge is -2.03. The van der Waals surface area contributed by atoms with Crippen molar-refractivity contribution in [3.8, 4) is 5.75 Å². The van der Waals surface area contributed by atoms with E-state index in [1.807, 2.05) is 19.9 Å². The van der Waals surface area contributed by atoms with E-state index in [9.17, 15) is 5.11 Å². The maximum atomic E-state index is 9.45. The number of rotatable bonds is 0. The molecule has 3 nitrogen and oxygen atoms in total. The van der Waals surface area contributed by atoms with Gasteiger partial charge in [0.05, 0.1) is 5.52 Å². The maximum Gasteiger partial charge on any atom is 0.120 e. The smallest absolute Gasteiger partial charge is 0.120 e. The lowest BCUT2D eigenvalue weighted by Crippen LogP contribution is -1.88. The normalized spacial score (nSPS) is 10.6. The first-order chi connectivity index (χ1) is 6.18. The summed E-state index contributed by atoms with van der Waals surface area (Å²) in [7, 11) is 0. The highest BCUT2D eigenvalue weighted by Gasteiger charge is 2.02. The predicted molar refractivity (Wildman–Crippen MR) is 50.7 cm³/mol. The van der Waals surface area contributed by atoms with E-state index in [0.717, 1.165) is 22.2 Å². The van der Waals surface area contributed by atoms with Gasteiger partial charge in [-0.3, -0.25) is 0 Å². The van der Waals surface area contributed by atoms with Crippen molar-refractivity contribution in [2.24, 2.45) is 0 Å². The zero-order valence-corrected chi connectivity index (χ0v) is 7.57. The Kier molecular flexibility index (Phi) is 1.65. The van der Waals surface area contributed by atoms with Gasteiger partial charge in [0.2, 0.25) is 0 Å². The topological polar surface area (TPSA) is 46.0 Å². The van der Waals surface area contributed by atoms with Crippen LogP contribution in [0.25, 0.3) is 10.9 Å². The van der Waals surface area contributed by atoms with Crippen LogP contribution in [0.5, 0.6) is 5.75 Å². The number of aryl methyl sites for hydroxylation is 2. The van der Waals surface area contributed by atoms with Gasteiger partial charge in [-0.1, -0.05) is 0 Å². The molecule has 0 fully saturated rings. The number of phenolic OH excluding ortho intramolecular Hbond substituents is 1. The summed E-state index contributed by atoms with van der Waals surface area (Å²) in [6.45, 7) is 3.79. The Labute approximate surface area is 76.1 Å². The zero-order valence-electron chi connectivity index (χ0n) is 7.57. The monoisotopic (exact) mass is 174 g/mol. The lowest BCUT2D eigenvalue weighted by molar-refractivity contribution is 0.472. The molecule has 1 N–H and O–H groups in total. The van der Waals surface area contributed by atoms with Gasteiger partial charge in [-0.05, 0) is 25.5 Å². The predicted octanol–water partition coefficient (Wildman–Crippen LogP) is 1.95. The summed E-state index contributed by atoms with van der Waals surface area (Å²) in [6, 6.07) is 3.57. The highest BCUT2D eigenvalue weighted by Crippen LogP contribution is 2.23. The van der Waals surface area contributed by atoms with Crippen molar-refractivity contribution in [3.63, 3.8) is 0 Å². The van der Waals surface area contributed by atoms with Gasteiger partial charge in [0.1, 0.15) is 12.1 Å². The number of aromatic hydroxyl groups is 1. The number of benzene rings is 1. The van der Waals surface area contributed by atoms with Crippen molar-refractivity contribution in [2.75, 3.05) is 0 Å². The van der Waals surface area contributed by atoms with Crippen molar-refractivity contribution in [2.45, 2.75) is 13.8 Å². The molecule has 0 aliphatic heterocycles. The first kappa shape index (κ1) is 7.98. The molecule has 0 aliphatic rings.